The van der Waals surface area contributed by atoms with E-state index in [0.29, 0.717) is 17.3 Å². The van der Waals surface area contributed by atoms with Gasteiger partial charge >= 0.3 is 0 Å². The number of thioether (sulfide) groups is 1. The first kappa shape index (κ1) is 18.2. The number of carbonyl (C=O) groups excluding carboxylic acids is 2. The number of thiocarbonyl (C=S) groups is 1. The van der Waals surface area contributed by atoms with Gasteiger partial charge in [0.05, 0.1) is 17.4 Å². The summed E-state index contributed by atoms with van der Waals surface area (Å²) in [4.78, 5) is 24.5. The molecule has 1 saturated heterocycles. The summed E-state index contributed by atoms with van der Waals surface area (Å²) in [6.07, 6.45) is 1.66. The summed E-state index contributed by atoms with van der Waals surface area (Å²) in [5.41, 5.74) is 1.75. The van der Waals surface area contributed by atoms with Crippen LogP contribution in [0.2, 0.25) is 0 Å². The molecule has 5 nitrogen and oxygen atoms in total. The first-order chi connectivity index (χ1) is 12.5. The largest absolute Gasteiger partial charge is 0.548 e. The molecule has 26 heavy (non-hydrogen) atoms. The first-order valence-corrected chi connectivity index (χ1v) is 8.98. The van der Waals surface area contributed by atoms with Gasteiger partial charge in [-0.1, -0.05) is 72.5 Å². The van der Waals surface area contributed by atoms with Crippen LogP contribution >= 0.6 is 24.0 Å². The minimum atomic E-state index is -1.35. The fourth-order valence-electron chi connectivity index (χ4n) is 2.37. The van der Waals surface area contributed by atoms with E-state index in [-0.39, 0.29) is 4.32 Å². The standard InChI is InChI=1S/C19H15NO4S2/c21-17(22)11-20-18(23)16(26-19(20)25)10-14-8-4-5-9-15(14)24-12-13-6-2-1-3-7-13/h1-10H,11-12H2,(H,21,22)/p-1/b16-10-. The van der Waals surface area contributed by atoms with E-state index in [9.17, 15) is 14.7 Å². The monoisotopic (exact) mass is 384 g/mol. The third kappa shape index (κ3) is 4.30. The second-order valence-corrected chi connectivity index (χ2v) is 7.13. The molecule has 2 aromatic rings. The molecule has 1 aliphatic rings. The van der Waals surface area contributed by atoms with E-state index >= 15 is 0 Å². The number of carbonyl (C=O) groups is 2. The SMILES string of the molecule is O=C([O-])CN1C(=O)/C(=C/c2ccccc2OCc2ccccc2)SC1=S. The Balaban J connectivity index is 1.79. The number of benzene rings is 2. The minimum Gasteiger partial charge on any atom is -0.548 e. The van der Waals surface area contributed by atoms with Gasteiger partial charge < -0.3 is 14.6 Å². The van der Waals surface area contributed by atoms with Crippen molar-refractivity contribution in [2.75, 3.05) is 6.54 Å². The zero-order valence-corrected chi connectivity index (χ0v) is 15.2. The Morgan fingerprint density at radius 1 is 1.15 bits per heavy atom. The highest BCUT2D eigenvalue weighted by Gasteiger charge is 2.32. The van der Waals surface area contributed by atoms with Crippen LogP contribution in [0.3, 0.4) is 0 Å². The average Bonchev–Trinajstić information content (AvgIpc) is 2.89. The molecular weight excluding hydrogens is 370 g/mol. The summed E-state index contributed by atoms with van der Waals surface area (Å²) in [5.74, 6) is -1.17. The molecule has 3 rings (SSSR count). The lowest BCUT2D eigenvalue weighted by atomic mass is 10.1. The Hall–Kier alpha value is -2.64. The Morgan fingerprint density at radius 3 is 2.58 bits per heavy atom. The van der Waals surface area contributed by atoms with Crippen LogP contribution in [0.25, 0.3) is 6.08 Å². The second kappa shape index (κ2) is 8.16. The van der Waals surface area contributed by atoms with Crippen LogP contribution in [0.1, 0.15) is 11.1 Å². The van der Waals surface area contributed by atoms with Crippen molar-refractivity contribution in [3.63, 3.8) is 0 Å². The summed E-state index contributed by atoms with van der Waals surface area (Å²) in [7, 11) is 0. The second-order valence-electron chi connectivity index (χ2n) is 5.45. The van der Waals surface area contributed by atoms with Crippen molar-refractivity contribution in [2.24, 2.45) is 0 Å². The molecule has 0 bridgehead atoms. The summed E-state index contributed by atoms with van der Waals surface area (Å²) >= 11 is 6.15. The van der Waals surface area contributed by atoms with Crippen molar-refractivity contribution >= 4 is 46.3 Å². The normalized spacial score (nSPS) is 15.5. The molecule has 0 atom stereocenters. The van der Waals surface area contributed by atoms with Gasteiger partial charge in [-0.3, -0.25) is 9.69 Å². The lowest BCUT2D eigenvalue weighted by Gasteiger charge is -2.14. The predicted molar refractivity (Wildman–Crippen MR) is 102 cm³/mol. The van der Waals surface area contributed by atoms with E-state index < -0.39 is 18.4 Å². The van der Waals surface area contributed by atoms with Crippen LogP contribution in [0.15, 0.2) is 59.5 Å². The molecule has 1 heterocycles. The maximum Gasteiger partial charge on any atom is 0.266 e. The van der Waals surface area contributed by atoms with Crippen LogP contribution in [-0.2, 0) is 16.2 Å². The third-order valence-corrected chi connectivity index (χ3v) is 4.98. The molecule has 0 unspecified atom stereocenters. The highest BCUT2D eigenvalue weighted by molar-refractivity contribution is 8.26. The van der Waals surface area contributed by atoms with Crippen molar-refractivity contribution < 1.29 is 19.4 Å². The van der Waals surface area contributed by atoms with Gasteiger partial charge in [-0.25, -0.2) is 0 Å². The zero-order valence-electron chi connectivity index (χ0n) is 13.6. The number of ether oxygens (including phenoxy) is 1. The molecule has 0 N–H and O–H groups in total. The number of nitrogens with zero attached hydrogens (tertiary/aromatic N) is 1. The molecule has 2 aromatic carbocycles. The number of hydrogen-bond acceptors (Lipinski definition) is 6. The van der Waals surface area contributed by atoms with E-state index in [4.69, 9.17) is 17.0 Å². The van der Waals surface area contributed by atoms with E-state index in [1.807, 2.05) is 54.6 Å². The molecule has 0 aliphatic carbocycles. The average molecular weight is 384 g/mol. The van der Waals surface area contributed by atoms with E-state index in [0.717, 1.165) is 27.8 Å². The number of amides is 1. The number of carboxylic acid groups (broad SMARTS) is 1. The van der Waals surface area contributed by atoms with Crippen LogP contribution in [0, 0.1) is 0 Å². The molecular formula is C19H14NO4S2-. The van der Waals surface area contributed by atoms with Gasteiger partial charge in [-0.15, -0.1) is 0 Å². The maximum absolute atomic E-state index is 12.4. The van der Waals surface area contributed by atoms with Gasteiger partial charge in [0.25, 0.3) is 5.91 Å². The molecule has 0 spiro atoms. The van der Waals surface area contributed by atoms with Gasteiger partial charge in [-0.2, -0.15) is 0 Å². The number of carboxylic acids is 1. The fourth-order valence-corrected chi connectivity index (χ4v) is 3.62. The molecule has 0 radical (unpaired) electrons. The molecule has 0 saturated carbocycles. The Labute approximate surface area is 160 Å². The zero-order chi connectivity index (χ0) is 18.5. The van der Waals surface area contributed by atoms with Crippen LogP contribution in [-0.4, -0.2) is 27.6 Å². The summed E-state index contributed by atoms with van der Waals surface area (Å²) in [6, 6.07) is 17.1. The van der Waals surface area contributed by atoms with Crippen molar-refractivity contribution in [1.82, 2.24) is 4.90 Å². The van der Waals surface area contributed by atoms with Crippen molar-refractivity contribution in [2.45, 2.75) is 6.61 Å². The van der Waals surface area contributed by atoms with E-state index in [2.05, 4.69) is 0 Å². The van der Waals surface area contributed by atoms with Crippen LogP contribution in [0.5, 0.6) is 5.75 Å². The summed E-state index contributed by atoms with van der Waals surface area (Å²) < 4.78 is 6.07. The molecule has 7 heteroatoms. The van der Waals surface area contributed by atoms with Gasteiger partial charge in [-0.05, 0) is 17.7 Å². The Morgan fingerprint density at radius 2 is 1.85 bits per heavy atom. The highest BCUT2D eigenvalue weighted by Crippen LogP contribution is 2.34. The van der Waals surface area contributed by atoms with Gasteiger partial charge in [0, 0.05) is 5.56 Å². The van der Waals surface area contributed by atoms with E-state index in [1.54, 1.807) is 6.08 Å². The van der Waals surface area contributed by atoms with Crippen LogP contribution < -0.4 is 9.84 Å². The number of rotatable bonds is 6. The van der Waals surface area contributed by atoms with Gasteiger partial charge in [0.1, 0.15) is 16.7 Å². The minimum absolute atomic E-state index is 0.202. The molecule has 1 fully saturated rings. The quantitative estimate of drug-likeness (QED) is 0.562. The van der Waals surface area contributed by atoms with E-state index in [1.165, 1.54) is 0 Å². The van der Waals surface area contributed by atoms with Crippen LogP contribution in [0.4, 0.5) is 0 Å². The fraction of sp³-hybridized carbons (Fsp3) is 0.105. The predicted octanol–water partition coefficient (Wildman–Crippen LogP) is 2.22. The molecule has 1 amide bonds. The van der Waals surface area contributed by atoms with Crippen molar-refractivity contribution in [3.8, 4) is 5.75 Å². The lowest BCUT2D eigenvalue weighted by molar-refractivity contribution is -0.305. The smallest absolute Gasteiger partial charge is 0.266 e. The molecule has 132 valence electrons. The molecule has 1 aliphatic heterocycles. The summed E-state index contributed by atoms with van der Waals surface area (Å²) in [6.45, 7) is -0.147. The Kier molecular flexibility index (Phi) is 5.70. The van der Waals surface area contributed by atoms with Crippen molar-refractivity contribution in [1.29, 1.82) is 0 Å². The third-order valence-electron chi connectivity index (χ3n) is 3.60. The molecule has 0 aromatic heterocycles. The number of hydrogen-bond donors (Lipinski definition) is 0. The number of para-hydroxylation sites is 1. The highest BCUT2D eigenvalue weighted by atomic mass is 32.2. The summed E-state index contributed by atoms with van der Waals surface area (Å²) in [5, 5.41) is 10.8. The maximum atomic E-state index is 12.4. The van der Waals surface area contributed by atoms with Gasteiger partial charge in [0.2, 0.25) is 0 Å². The lowest BCUT2D eigenvalue weighted by Crippen LogP contribution is -2.40. The number of aliphatic carboxylic acids is 1. The van der Waals surface area contributed by atoms with Crippen molar-refractivity contribution in [3.05, 3.63) is 70.6 Å². The topological polar surface area (TPSA) is 69.7 Å². The first-order valence-electron chi connectivity index (χ1n) is 7.75. The Bertz CT molecular complexity index is 880. The van der Waals surface area contributed by atoms with Gasteiger partial charge in [0.15, 0.2) is 0 Å².